The van der Waals surface area contributed by atoms with E-state index in [4.69, 9.17) is 9.84 Å². The molecule has 0 radical (unpaired) electrons. The molecule has 0 bridgehead atoms. The highest BCUT2D eigenvalue weighted by Gasteiger charge is 2.05. The van der Waals surface area contributed by atoms with Gasteiger partial charge in [-0.05, 0) is 31.4 Å². The van der Waals surface area contributed by atoms with Crippen molar-refractivity contribution in [3.05, 3.63) is 35.4 Å². The molecular formula is C15H24N2O3. The van der Waals surface area contributed by atoms with E-state index in [0.717, 1.165) is 11.1 Å². The van der Waals surface area contributed by atoms with Crippen LogP contribution in [-0.4, -0.2) is 30.4 Å². The van der Waals surface area contributed by atoms with Gasteiger partial charge in [-0.15, -0.1) is 0 Å². The Morgan fingerprint density at radius 3 is 2.55 bits per heavy atom. The minimum atomic E-state index is -0.218. The summed E-state index contributed by atoms with van der Waals surface area (Å²) in [5.74, 6) is 0. The van der Waals surface area contributed by atoms with Crippen LogP contribution in [0.3, 0.4) is 0 Å². The van der Waals surface area contributed by atoms with Crippen molar-refractivity contribution in [3.63, 3.8) is 0 Å². The van der Waals surface area contributed by atoms with Gasteiger partial charge >= 0.3 is 6.03 Å². The first-order valence-corrected chi connectivity index (χ1v) is 6.96. The molecule has 0 heterocycles. The van der Waals surface area contributed by atoms with Crippen molar-refractivity contribution in [1.82, 2.24) is 10.6 Å². The number of amides is 2. The maximum absolute atomic E-state index is 11.6. The molecule has 2 amide bonds. The summed E-state index contributed by atoms with van der Waals surface area (Å²) in [6.07, 6.45) is 0.555. The molecule has 0 aliphatic heterocycles. The zero-order valence-corrected chi connectivity index (χ0v) is 12.2. The van der Waals surface area contributed by atoms with Gasteiger partial charge in [0.15, 0.2) is 0 Å². The first-order valence-electron chi connectivity index (χ1n) is 6.96. The molecule has 3 N–H and O–H groups in total. The molecule has 0 aliphatic carbocycles. The molecule has 0 unspecified atom stereocenters. The number of carbonyl (C=O) groups is 1. The summed E-state index contributed by atoms with van der Waals surface area (Å²) >= 11 is 0. The van der Waals surface area contributed by atoms with Crippen molar-refractivity contribution >= 4 is 6.03 Å². The highest BCUT2D eigenvalue weighted by Crippen LogP contribution is 2.05. The van der Waals surface area contributed by atoms with E-state index in [2.05, 4.69) is 10.6 Å². The van der Waals surface area contributed by atoms with E-state index in [-0.39, 0.29) is 18.7 Å². The first-order chi connectivity index (χ1) is 9.65. The van der Waals surface area contributed by atoms with Crippen LogP contribution in [0.25, 0.3) is 0 Å². The quantitative estimate of drug-likeness (QED) is 0.680. The van der Waals surface area contributed by atoms with Crippen LogP contribution >= 0.6 is 0 Å². The number of hydrogen-bond donors (Lipinski definition) is 3. The number of ether oxygens (including phenoxy) is 1. The summed E-state index contributed by atoms with van der Waals surface area (Å²) in [5, 5.41) is 14.3. The zero-order chi connectivity index (χ0) is 14.8. The average Bonchev–Trinajstić information content (AvgIpc) is 2.44. The van der Waals surface area contributed by atoms with Crippen LogP contribution in [-0.2, 0) is 17.9 Å². The molecule has 1 atom stereocenters. The first kappa shape index (κ1) is 16.5. The van der Waals surface area contributed by atoms with Crippen molar-refractivity contribution in [2.24, 2.45) is 0 Å². The molecule has 0 saturated carbocycles. The number of rotatable bonds is 8. The van der Waals surface area contributed by atoms with E-state index < -0.39 is 0 Å². The van der Waals surface area contributed by atoms with Gasteiger partial charge in [0, 0.05) is 25.8 Å². The Bertz CT molecular complexity index is 393. The van der Waals surface area contributed by atoms with E-state index in [0.29, 0.717) is 26.2 Å². The third-order valence-corrected chi connectivity index (χ3v) is 2.89. The fourth-order valence-corrected chi connectivity index (χ4v) is 1.70. The summed E-state index contributed by atoms with van der Waals surface area (Å²) in [6.45, 7) is 5.70. The lowest BCUT2D eigenvalue weighted by molar-refractivity contribution is 0.134. The second kappa shape index (κ2) is 9.34. The summed E-state index contributed by atoms with van der Waals surface area (Å²) in [7, 11) is 0. The Balaban J connectivity index is 2.32. The zero-order valence-electron chi connectivity index (χ0n) is 12.2. The Morgan fingerprint density at radius 1 is 1.30 bits per heavy atom. The second-order valence-electron chi connectivity index (χ2n) is 4.69. The van der Waals surface area contributed by atoms with E-state index in [9.17, 15) is 4.79 Å². The molecule has 1 aromatic carbocycles. The lowest BCUT2D eigenvalue weighted by Gasteiger charge is -2.13. The molecule has 1 rings (SSSR count). The van der Waals surface area contributed by atoms with Crippen molar-refractivity contribution in [3.8, 4) is 0 Å². The lowest BCUT2D eigenvalue weighted by Crippen LogP contribution is -2.40. The molecule has 0 spiro atoms. The Morgan fingerprint density at radius 2 is 1.95 bits per heavy atom. The van der Waals surface area contributed by atoms with Crippen molar-refractivity contribution < 1.29 is 14.6 Å². The summed E-state index contributed by atoms with van der Waals surface area (Å²) in [4.78, 5) is 11.6. The summed E-state index contributed by atoms with van der Waals surface area (Å²) in [5.41, 5.74) is 2.16. The maximum Gasteiger partial charge on any atom is 0.315 e. The summed E-state index contributed by atoms with van der Waals surface area (Å²) < 4.78 is 5.32. The third kappa shape index (κ3) is 6.54. The van der Waals surface area contributed by atoms with Crippen molar-refractivity contribution in [1.29, 1.82) is 0 Å². The molecule has 0 fully saturated rings. The van der Waals surface area contributed by atoms with E-state index >= 15 is 0 Å². The number of hydrogen-bond acceptors (Lipinski definition) is 3. The van der Waals surface area contributed by atoms with Crippen LogP contribution in [0.15, 0.2) is 24.3 Å². The SMILES string of the molecule is CCOCc1ccc(CNC(=O)N[C@H](C)CCO)cc1. The Kier molecular flexibility index (Phi) is 7.69. The van der Waals surface area contributed by atoms with Gasteiger partial charge in [0.05, 0.1) is 6.61 Å². The lowest BCUT2D eigenvalue weighted by atomic mass is 10.1. The minimum Gasteiger partial charge on any atom is -0.396 e. The van der Waals surface area contributed by atoms with Crippen molar-refractivity contribution in [2.45, 2.75) is 39.5 Å². The highest BCUT2D eigenvalue weighted by molar-refractivity contribution is 5.74. The van der Waals surface area contributed by atoms with Gasteiger partial charge in [0.1, 0.15) is 0 Å². The normalized spacial score (nSPS) is 11.9. The van der Waals surface area contributed by atoms with Crippen LogP contribution in [0.1, 0.15) is 31.4 Å². The molecule has 0 aliphatic rings. The highest BCUT2D eigenvalue weighted by atomic mass is 16.5. The van der Waals surface area contributed by atoms with Gasteiger partial charge in [-0.1, -0.05) is 24.3 Å². The van der Waals surface area contributed by atoms with Crippen LogP contribution in [0.5, 0.6) is 0 Å². The maximum atomic E-state index is 11.6. The number of benzene rings is 1. The van der Waals surface area contributed by atoms with Gasteiger partial charge in [0.25, 0.3) is 0 Å². The van der Waals surface area contributed by atoms with E-state index in [1.54, 1.807) is 0 Å². The van der Waals surface area contributed by atoms with E-state index in [1.165, 1.54) is 0 Å². The van der Waals surface area contributed by atoms with Crippen LogP contribution in [0.4, 0.5) is 4.79 Å². The second-order valence-corrected chi connectivity index (χ2v) is 4.69. The monoisotopic (exact) mass is 280 g/mol. The van der Waals surface area contributed by atoms with E-state index in [1.807, 2.05) is 38.1 Å². The van der Waals surface area contributed by atoms with Crippen LogP contribution in [0.2, 0.25) is 0 Å². The molecule has 112 valence electrons. The van der Waals surface area contributed by atoms with Gasteiger partial charge < -0.3 is 20.5 Å². The molecule has 5 heteroatoms. The fraction of sp³-hybridized carbons (Fsp3) is 0.533. The molecule has 0 saturated heterocycles. The minimum absolute atomic E-state index is 0.0337. The fourth-order valence-electron chi connectivity index (χ4n) is 1.70. The molecular weight excluding hydrogens is 256 g/mol. The predicted octanol–water partition coefficient (Wildman–Crippen LogP) is 1.79. The molecule has 20 heavy (non-hydrogen) atoms. The molecule has 1 aromatic rings. The number of urea groups is 1. The van der Waals surface area contributed by atoms with Gasteiger partial charge in [-0.2, -0.15) is 0 Å². The Hall–Kier alpha value is -1.59. The number of aliphatic hydroxyl groups excluding tert-OH is 1. The Labute approximate surface area is 120 Å². The molecule has 5 nitrogen and oxygen atoms in total. The number of nitrogens with one attached hydrogen (secondary N) is 2. The topological polar surface area (TPSA) is 70.6 Å². The smallest absolute Gasteiger partial charge is 0.315 e. The molecule has 0 aromatic heterocycles. The van der Waals surface area contributed by atoms with Gasteiger partial charge in [-0.25, -0.2) is 4.79 Å². The van der Waals surface area contributed by atoms with Crippen LogP contribution < -0.4 is 10.6 Å². The predicted molar refractivity (Wildman–Crippen MR) is 78.3 cm³/mol. The number of aliphatic hydroxyl groups is 1. The third-order valence-electron chi connectivity index (χ3n) is 2.89. The largest absolute Gasteiger partial charge is 0.396 e. The van der Waals surface area contributed by atoms with Gasteiger partial charge in [0.2, 0.25) is 0 Å². The van der Waals surface area contributed by atoms with Crippen molar-refractivity contribution in [2.75, 3.05) is 13.2 Å². The van der Waals surface area contributed by atoms with Crippen LogP contribution in [0, 0.1) is 0 Å². The van der Waals surface area contributed by atoms with Gasteiger partial charge in [-0.3, -0.25) is 0 Å². The summed E-state index contributed by atoms with van der Waals surface area (Å²) in [6, 6.07) is 7.70. The standard InChI is InChI=1S/C15H24N2O3/c1-3-20-11-14-6-4-13(5-7-14)10-16-15(19)17-12(2)8-9-18/h4-7,12,18H,3,8-11H2,1-2H3,(H2,16,17,19)/t12-/m1/s1. The number of carbonyl (C=O) groups excluding carboxylic acids is 1. The average molecular weight is 280 g/mol.